The van der Waals surface area contributed by atoms with Crippen LogP contribution >= 0.6 is 0 Å². The summed E-state index contributed by atoms with van der Waals surface area (Å²) in [4.78, 5) is 15.7. The number of nitrogens with zero attached hydrogens (tertiary/aromatic N) is 1. The van der Waals surface area contributed by atoms with Gasteiger partial charge in [0.05, 0.1) is 18.3 Å². The lowest BCUT2D eigenvalue weighted by molar-refractivity contribution is -0.145. The number of hydrogen-bond acceptors (Lipinski definition) is 5. The van der Waals surface area contributed by atoms with Crippen LogP contribution in [0.5, 0.6) is 0 Å². The van der Waals surface area contributed by atoms with E-state index in [0.29, 0.717) is 19.3 Å². The van der Waals surface area contributed by atoms with E-state index in [1.807, 2.05) is 6.92 Å². The molecule has 1 heterocycles. The number of nitrogens with one attached hydrogen (secondary N) is 1. The van der Waals surface area contributed by atoms with Gasteiger partial charge in [-0.3, -0.25) is 9.52 Å². The summed E-state index contributed by atoms with van der Waals surface area (Å²) < 4.78 is 31.8. The third kappa shape index (κ3) is 3.09. The van der Waals surface area contributed by atoms with Crippen LogP contribution in [0.15, 0.2) is 18.3 Å². The first-order valence-electron chi connectivity index (χ1n) is 6.46. The zero-order chi connectivity index (χ0) is 14.8. The Morgan fingerprint density at radius 3 is 2.75 bits per heavy atom. The van der Waals surface area contributed by atoms with Gasteiger partial charge in [-0.15, -0.1) is 0 Å². The van der Waals surface area contributed by atoms with Gasteiger partial charge in [-0.05, 0) is 31.4 Å². The van der Waals surface area contributed by atoms with Crippen molar-refractivity contribution >= 4 is 21.8 Å². The Labute approximate surface area is 118 Å². The second kappa shape index (κ2) is 5.78. The van der Waals surface area contributed by atoms with Crippen molar-refractivity contribution in [1.29, 1.82) is 0 Å². The topological polar surface area (TPSA) is 85.4 Å². The largest absolute Gasteiger partial charge is 0.469 e. The highest BCUT2D eigenvalue weighted by atomic mass is 32.2. The fraction of sp³-hybridized carbons (Fsp3) is 0.538. The predicted octanol–water partition coefficient (Wildman–Crippen LogP) is 1.47. The van der Waals surface area contributed by atoms with Crippen molar-refractivity contribution in [1.82, 2.24) is 4.98 Å². The van der Waals surface area contributed by atoms with Crippen LogP contribution in [0.25, 0.3) is 0 Å². The fourth-order valence-corrected chi connectivity index (χ4v) is 4.19. The molecular formula is C13H18N2O4S. The van der Waals surface area contributed by atoms with Gasteiger partial charge in [0.25, 0.3) is 0 Å². The first-order valence-corrected chi connectivity index (χ1v) is 8.01. The standard InChI is InChI=1S/C13H18N2O4S/c1-9-6-7-12(14-8-9)15-20(17,18)11-5-3-4-10(11)13(16)19-2/h6-8,10-11H,3-5H2,1-2H3,(H,14,15). The summed E-state index contributed by atoms with van der Waals surface area (Å²) in [6.07, 6.45) is 3.29. The molecule has 0 aliphatic heterocycles. The van der Waals surface area contributed by atoms with Crippen LogP contribution in [0.1, 0.15) is 24.8 Å². The molecule has 110 valence electrons. The summed E-state index contributed by atoms with van der Waals surface area (Å²) in [5, 5.41) is -0.752. The quantitative estimate of drug-likeness (QED) is 0.851. The highest BCUT2D eigenvalue weighted by Crippen LogP contribution is 2.32. The van der Waals surface area contributed by atoms with E-state index in [4.69, 9.17) is 0 Å². The summed E-state index contributed by atoms with van der Waals surface area (Å²) in [5.74, 6) is -0.788. The van der Waals surface area contributed by atoms with E-state index in [1.54, 1.807) is 18.3 Å². The van der Waals surface area contributed by atoms with Gasteiger partial charge in [-0.1, -0.05) is 12.5 Å². The summed E-state index contributed by atoms with van der Waals surface area (Å²) in [6, 6.07) is 3.38. The molecule has 7 heteroatoms. The molecule has 6 nitrogen and oxygen atoms in total. The molecule has 0 radical (unpaired) electrons. The molecule has 1 aromatic rings. The maximum atomic E-state index is 12.4. The van der Waals surface area contributed by atoms with Crippen LogP contribution in [0, 0.1) is 12.8 Å². The molecule has 0 amide bonds. The Kier molecular flexibility index (Phi) is 4.27. The maximum Gasteiger partial charge on any atom is 0.310 e. The molecular weight excluding hydrogens is 280 g/mol. The van der Waals surface area contributed by atoms with Crippen LogP contribution < -0.4 is 4.72 Å². The van der Waals surface area contributed by atoms with Crippen molar-refractivity contribution in [3.05, 3.63) is 23.9 Å². The lowest BCUT2D eigenvalue weighted by Gasteiger charge is -2.18. The number of aryl methyl sites for hydroxylation is 1. The average Bonchev–Trinajstić information content (AvgIpc) is 2.90. The van der Waals surface area contributed by atoms with Gasteiger partial charge in [0.1, 0.15) is 5.82 Å². The van der Waals surface area contributed by atoms with Crippen molar-refractivity contribution in [3.63, 3.8) is 0 Å². The van der Waals surface area contributed by atoms with Gasteiger partial charge >= 0.3 is 5.97 Å². The molecule has 1 aliphatic rings. The molecule has 1 aromatic heterocycles. The number of sulfonamides is 1. The van der Waals surface area contributed by atoms with Gasteiger partial charge in [0, 0.05) is 6.20 Å². The molecule has 0 bridgehead atoms. The minimum atomic E-state index is -3.64. The molecule has 1 N–H and O–H groups in total. The molecule has 2 atom stereocenters. The van der Waals surface area contributed by atoms with E-state index >= 15 is 0 Å². The number of aromatic nitrogens is 1. The Morgan fingerprint density at radius 1 is 1.40 bits per heavy atom. The summed E-state index contributed by atoms with van der Waals surface area (Å²) in [5.41, 5.74) is 0.946. The average molecular weight is 298 g/mol. The van der Waals surface area contributed by atoms with E-state index in [-0.39, 0.29) is 5.82 Å². The zero-order valence-corrected chi connectivity index (χ0v) is 12.3. The summed E-state index contributed by atoms with van der Waals surface area (Å²) >= 11 is 0. The first-order chi connectivity index (χ1) is 9.44. The lowest BCUT2D eigenvalue weighted by atomic mass is 10.1. The number of hydrogen-bond donors (Lipinski definition) is 1. The molecule has 20 heavy (non-hydrogen) atoms. The molecule has 0 aromatic carbocycles. The second-order valence-corrected chi connectivity index (χ2v) is 6.87. The minimum Gasteiger partial charge on any atom is -0.469 e. The number of methoxy groups -OCH3 is 1. The molecule has 1 saturated carbocycles. The third-order valence-corrected chi connectivity index (χ3v) is 5.37. The normalized spacial score (nSPS) is 22.5. The molecule has 0 spiro atoms. The van der Waals surface area contributed by atoms with Gasteiger partial charge in [-0.2, -0.15) is 0 Å². The Morgan fingerprint density at radius 2 is 2.15 bits per heavy atom. The molecule has 2 unspecified atom stereocenters. The summed E-state index contributed by atoms with van der Waals surface area (Å²) in [6.45, 7) is 1.87. The number of ether oxygens (including phenoxy) is 1. The molecule has 0 saturated heterocycles. The van der Waals surface area contributed by atoms with E-state index in [0.717, 1.165) is 5.56 Å². The van der Waals surface area contributed by atoms with E-state index in [9.17, 15) is 13.2 Å². The number of carbonyl (C=O) groups excluding carboxylic acids is 1. The maximum absolute atomic E-state index is 12.4. The molecule has 1 fully saturated rings. The molecule has 2 rings (SSSR count). The Bertz CT molecular complexity index is 583. The fourth-order valence-electron chi connectivity index (χ4n) is 2.47. The van der Waals surface area contributed by atoms with E-state index < -0.39 is 27.2 Å². The van der Waals surface area contributed by atoms with Crippen molar-refractivity contribution < 1.29 is 17.9 Å². The third-order valence-electron chi connectivity index (χ3n) is 3.51. The van der Waals surface area contributed by atoms with Crippen LogP contribution in [0.4, 0.5) is 5.82 Å². The van der Waals surface area contributed by atoms with Crippen molar-refractivity contribution in [2.45, 2.75) is 31.4 Å². The SMILES string of the molecule is COC(=O)C1CCCC1S(=O)(=O)Nc1ccc(C)cn1. The van der Waals surface area contributed by atoms with Gasteiger partial charge in [-0.25, -0.2) is 13.4 Å². The first kappa shape index (κ1) is 14.8. The minimum absolute atomic E-state index is 0.270. The highest BCUT2D eigenvalue weighted by Gasteiger charge is 2.42. The van der Waals surface area contributed by atoms with E-state index in [1.165, 1.54) is 7.11 Å². The number of anilines is 1. The van der Waals surface area contributed by atoms with Gasteiger partial charge in [0.2, 0.25) is 10.0 Å². The van der Waals surface area contributed by atoms with Crippen LogP contribution in [0.3, 0.4) is 0 Å². The van der Waals surface area contributed by atoms with Crippen LogP contribution in [-0.4, -0.2) is 31.7 Å². The number of carbonyl (C=O) groups is 1. The van der Waals surface area contributed by atoms with Crippen molar-refractivity contribution in [3.8, 4) is 0 Å². The molecule has 1 aliphatic carbocycles. The highest BCUT2D eigenvalue weighted by molar-refractivity contribution is 7.93. The van der Waals surface area contributed by atoms with Crippen LogP contribution in [-0.2, 0) is 19.6 Å². The van der Waals surface area contributed by atoms with Crippen molar-refractivity contribution in [2.24, 2.45) is 5.92 Å². The number of rotatable bonds is 4. The number of esters is 1. The lowest BCUT2D eigenvalue weighted by Crippen LogP contribution is -2.35. The van der Waals surface area contributed by atoms with Gasteiger partial charge in [0.15, 0.2) is 0 Å². The van der Waals surface area contributed by atoms with Crippen LogP contribution in [0.2, 0.25) is 0 Å². The number of pyridine rings is 1. The second-order valence-electron chi connectivity index (χ2n) is 4.97. The van der Waals surface area contributed by atoms with Crippen molar-refractivity contribution in [2.75, 3.05) is 11.8 Å². The van der Waals surface area contributed by atoms with E-state index in [2.05, 4.69) is 14.4 Å². The summed E-state index contributed by atoms with van der Waals surface area (Å²) in [7, 11) is -2.37. The smallest absolute Gasteiger partial charge is 0.310 e. The predicted molar refractivity (Wildman–Crippen MR) is 74.7 cm³/mol. The monoisotopic (exact) mass is 298 g/mol. The Hall–Kier alpha value is -1.63. The van der Waals surface area contributed by atoms with Gasteiger partial charge < -0.3 is 4.74 Å². The zero-order valence-electron chi connectivity index (χ0n) is 11.5. The Balaban J connectivity index is 2.17.